The monoisotopic (exact) mass is 413 g/mol. The van der Waals surface area contributed by atoms with Gasteiger partial charge in [-0.15, -0.1) is 0 Å². The van der Waals surface area contributed by atoms with Crippen molar-refractivity contribution in [1.29, 1.82) is 0 Å². The predicted octanol–water partition coefficient (Wildman–Crippen LogP) is 5.48. The number of rotatable bonds is 6. The molecule has 0 bridgehead atoms. The average molecular weight is 414 g/mol. The van der Waals surface area contributed by atoms with Crippen LogP contribution in [0.3, 0.4) is 0 Å². The van der Waals surface area contributed by atoms with Gasteiger partial charge in [0.2, 0.25) is 0 Å². The van der Waals surface area contributed by atoms with Gasteiger partial charge in [0.1, 0.15) is 5.58 Å². The van der Waals surface area contributed by atoms with Crippen molar-refractivity contribution in [2.45, 2.75) is 45.3 Å². The highest BCUT2D eigenvalue weighted by Gasteiger charge is 2.25. The molecule has 0 aliphatic rings. The normalized spacial score (nSPS) is 12.1. The molecule has 0 radical (unpaired) electrons. The highest BCUT2D eigenvalue weighted by Crippen LogP contribution is 2.34. The van der Waals surface area contributed by atoms with Crippen molar-refractivity contribution in [3.63, 3.8) is 0 Å². The molecular weight excluding hydrogens is 386 g/mol. The molecule has 0 atom stereocenters. The van der Waals surface area contributed by atoms with Crippen LogP contribution < -0.4 is 5.32 Å². The van der Waals surface area contributed by atoms with Crippen molar-refractivity contribution >= 4 is 32.4 Å². The number of benzene rings is 2. The Bertz CT molecular complexity index is 1130. The van der Waals surface area contributed by atoms with E-state index in [1.165, 1.54) is 0 Å². The van der Waals surface area contributed by atoms with Gasteiger partial charge in [-0.3, -0.25) is 4.79 Å². The van der Waals surface area contributed by atoms with Gasteiger partial charge in [-0.2, -0.15) is 0 Å². The fourth-order valence-electron chi connectivity index (χ4n) is 3.55. The Balaban J connectivity index is 2.11. The molecule has 2 aromatic carbocycles. The smallest absolute Gasteiger partial charge is 0.291 e. The van der Waals surface area contributed by atoms with E-state index in [9.17, 15) is 13.2 Å². The number of anilines is 1. The van der Waals surface area contributed by atoms with Crippen LogP contribution in [-0.2, 0) is 15.6 Å². The average Bonchev–Trinajstić information content (AvgIpc) is 2.98. The minimum absolute atomic E-state index is 0.0462. The van der Waals surface area contributed by atoms with Crippen LogP contribution in [0.2, 0.25) is 0 Å². The largest absolute Gasteiger partial charge is 0.451 e. The van der Waals surface area contributed by atoms with E-state index in [1.807, 2.05) is 18.2 Å². The van der Waals surface area contributed by atoms with Crippen LogP contribution in [0.15, 0.2) is 46.9 Å². The summed E-state index contributed by atoms with van der Waals surface area (Å²) >= 11 is 0. The lowest BCUT2D eigenvalue weighted by Gasteiger charge is -2.20. The third-order valence-electron chi connectivity index (χ3n) is 4.92. The molecular formula is C23H27NO4S. The molecule has 0 aliphatic carbocycles. The third kappa shape index (κ3) is 4.53. The molecule has 1 amide bonds. The summed E-state index contributed by atoms with van der Waals surface area (Å²) < 4.78 is 29.8. The van der Waals surface area contributed by atoms with Crippen LogP contribution in [0, 0.1) is 0 Å². The van der Waals surface area contributed by atoms with Gasteiger partial charge in [-0.1, -0.05) is 64.1 Å². The summed E-state index contributed by atoms with van der Waals surface area (Å²) in [7, 11) is -3.35. The summed E-state index contributed by atoms with van der Waals surface area (Å²) in [5.41, 5.74) is 3.73. The first-order valence-corrected chi connectivity index (χ1v) is 11.8. The second-order valence-corrected chi connectivity index (χ2v) is 10.2. The lowest BCUT2D eigenvalue weighted by molar-refractivity contribution is 0.0997. The summed E-state index contributed by atoms with van der Waals surface area (Å²) in [6, 6.07) is 13.1. The van der Waals surface area contributed by atoms with Gasteiger partial charge >= 0.3 is 0 Å². The van der Waals surface area contributed by atoms with E-state index in [1.54, 1.807) is 24.3 Å². The number of amides is 1. The molecule has 1 heterocycles. The lowest BCUT2D eigenvalue weighted by Crippen LogP contribution is -2.17. The van der Waals surface area contributed by atoms with Crippen molar-refractivity contribution in [3.8, 4) is 0 Å². The number of carbonyl (C=O) groups is 1. The molecule has 0 fully saturated rings. The van der Waals surface area contributed by atoms with Gasteiger partial charge in [-0.25, -0.2) is 8.42 Å². The van der Waals surface area contributed by atoms with Crippen molar-refractivity contribution in [1.82, 2.24) is 0 Å². The molecule has 0 saturated carbocycles. The van der Waals surface area contributed by atoms with Crippen LogP contribution in [0.4, 0.5) is 5.69 Å². The fourth-order valence-corrected chi connectivity index (χ4v) is 4.36. The maximum absolute atomic E-state index is 13.2. The molecule has 154 valence electrons. The first-order chi connectivity index (χ1) is 13.6. The first-order valence-electron chi connectivity index (χ1n) is 9.70. The summed E-state index contributed by atoms with van der Waals surface area (Å²) in [4.78, 5) is 13.2. The third-order valence-corrected chi connectivity index (χ3v) is 5.74. The van der Waals surface area contributed by atoms with Crippen LogP contribution in [0.1, 0.15) is 66.8 Å². The Morgan fingerprint density at radius 2 is 1.55 bits per heavy atom. The minimum Gasteiger partial charge on any atom is -0.451 e. The Morgan fingerprint density at radius 1 is 0.966 bits per heavy atom. The molecule has 0 saturated heterocycles. The maximum atomic E-state index is 13.2. The minimum atomic E-state index is -3.35. The van der Waals surface area contributed by atoms with Gasteiger partial charge in [0.25, 0.3) is 5.91 Å². The van der Waals surface area contributed by atoms with Crippen LogP contribution in [0.25, 0.3) is 11.0 Å². The van der Waals surface area contributed by atoms with Gasteiger partial charge in [-0.05, 0) is 29.0 Å². The van der Waals surface area contributed by atoms with Crippen molar-refractivity contribution in [3.05, 3.63) is 64.9 Å². The highest BCUT2D eigenvalue weighted by molar-refractivity contribution is 7.89. The molecule has 5 nitrogen and oxygen atoms in total. The quantitative estimate of drug-likeness (QED) is 0.581. The zero-order valence-corrected chi connectivity index (χ0v) is 18.3. The molecule has 29 heavy (non-hydrogen) atoms. The SMILES string of the molecule is CC(C)c1cccc(C(C)C)c1NC(=O)c1oc2ccccc2c1CS(C)(=O)=O. The van der Waals surface area contributed by atoms with Crippen molar-refractivity contribution in [2.24, 2.45) is 0 Å². The highest BCUT2D eigenvalue weighted by atomic mass is 32.2. The number of sulfone groups is 1. The Hall–Kier alpha value is -2.60. The predicted molar refractivity (Wildman–Crippen MR) is 117 cm³/mol. The topological polar surface area (TPSA) is 76.4 Å². The first kappa shape index (κ1) is 21.1. The summed E-state index contributed by atoms with van der Waals surface area (Å²) in [6.45, 7) is 8.30. The molecule has 3 rings (SSSR count). The van der Waals surface area contributed by atoms with Crippen LogP contribution in [0.5, 0.6) is 0 Å². The summed E-state index contributed by atoms with van der Waals surface area (Å²) in [5.74, 6) is -0.208. The van der Waals surface area contributed by atoms with E-state index in [-0.39, 0.29) is 23.3 Å². The number of hydrogen-bond acceptors (Lipinski definition) is 4. The van der Waals surface area contributed by atoms with Gasteiger partial charge in [0.15, 0.2) is 15.6 Å². The number of hydrogen-bond donors (Lipinski definition) is 1. The molecule has 1 N–H and O–H groups in total. The van der Waals surface area contributed by atoms with Crippen LogP contribution in [-0.4, -0.2) is 20.6 Å². The number of fused-ring (bicyclic) bond motifs is 1. The van der Waals surface area contributed by atoms with Gasteiger partial charge in [0, 0.05) is 22.9 Å². The number of carbonyl (C=O) groups excluding carboxylic acids is 1. The van der Waals surface area contributed by atoms with E-state index in [4.69, 9.17) is 4.42 Å². The van der Waals surface area contributed by atoms with E-state index < -0.39 is 15.7 Å². The van der Waals surface area contributed by atoms with Gasteiger partial charge in [0.05, 0.1) is 5.75 Å². The van der Waals surface area contributed by atoms with E-state index in [2.05, 4.69) is 33.0 Å². The molecule has 0 aliphatic heterocycles. The zero-order chi connectivity index (χ0) is 21.3. The number of furan rings is 1. The zero-order valence-electron chi connectivity index (χ0n) is 17.4. The Kier molecular flexibility index (Phi) is 5.85. The number of para-hydroxylation sites is 2. The second-order valence-electron chi connectivity index (χ2n) is 8.05. The Morgan fingerprint density at radius 3 is 2.10 bits per heavy atom. The van der Waals surface area contributed by atoms with Crippen molar-refractivity contribution < 1.29 is 17.6 Å². The van der Waals surface area contributed by atoms with Crippen LogP contribution >= 0.6 is 0 Å². The van der Waals surface area contributed by atoms with E-state index in [0.29, 0.717) is 16.5 Å². The molecule has 1 aromatic heterocycles. The summed E-state index contributed by atoms with van der Waals surface area (Å²) in [6.07, 6.45) is 1.15. The molecule has 6 heteroatoms. The molecule has 0 unspecified atom stereocenters. The lowest BCUT2D eigenvalue weighted by atomic mass is 9.92. The standard InChI is InChI=1S/C23H27NO4S/c1-14(2)16-10-8-11-17(15(3)4)21(16)24-23(25)22-19(13-29(5,26)27)18-9-6-7-12-20(18)28-22/h6-12,14-15H,13H2,1-5H3,(H,24,25). The van der Waals surface area contributed by atoms with E-state index in [0.717, 1.165) is 23.1 Å². The Labute approximate surface area is 172 Å². The molecule has 3 aromatic rings. The van der Waals surface area contributed by atoms with Crippen molar-refractivity contribution in [2.75, 3.05) is 11.6 Å². The molecule has 0 spiro atoms. The fraction of sp³-hybridized carbons (Fsp3) is 0.348. The van der Waals surface area contributed by atoms with Gasteiger partial charge < -0.3 is 9.73 Å². The van der Waals surface area contributed by atoms with E-state index >= 15 is 0 Å². The number of nitrogens with one attached hydrogen (secondary N) is 1. The second kappa shape index (κ2) is 8.03. The summed E-state index contributed by atoms with van der Waals surface area (Å²) in [5, 5.41) is 3.66. The maximum Gasteiger partial charge on any atom is 0.291 e.